The molecule has 0 bridgehead atoms. The predicted octanol–water partition coefficient (Wildman–Crippen LogP) is 3.18. The summed E-state index contributed by atoms with van der Waals surface area (Å²) in [7, 11) is 1.79. The lowest BCUT2D eigenvalue weighted by atomic mass is 9.97. The average Bonchev–Trinajstić information content (AvgIpc) is 2.03. The van der Waals surface area contributed by atoms with Crippen molar-refractivity contribution in [2.24, 2.45) is 11.8 Å². The number of hydrogen-bond donors (Lipinski definition) is 0. The molecule has 1 fully saturated rings. The highest BCUT2D eigenvalue weighted by Crippen LogP contribution is 2.58. The minimum absolute atomic E-state index is 0.685. The Morgan fingerprint density at radius 3 is 1.50 bits per heavy atom. The molecule has 0 N–H and O–H groups in total. The molecule has 0 aliphatic carbocycles. The highest BCUT2D eigenvalue weighted by atomic mass is 28.4. The van der Waals surface area contributed by atoms with Crippen LogP contribution in [0.4, 0.5) is 0 Å². The van der Waals surface area contributed by atoms with E-state index < -0.39 is 8.56 Å². The van der Waals surface area contributed by atoms with Gasteiger partial charge >= 0.3 is 8.56 Å². The van der Waals surface area contributed by atoms with Gasteiger partial charge in [-0.15, -0.1) is 0 Å². The van der Waals surface area contributed by atoms with Crippen LogP contribution in [0.2, 0.25) is 11.1 Å². The van der Waals surface area contributed by atoms with Crippen LogP contribution >= 0.6 is 0 Å². The molecule has 0 amide bonds. The summed E-state index contributed by atoms with van der Waals surface area (Å²) >= 11 is 0. The molecule has 0 aromatic rings. The fourth-order valence-corrected chi connectivity index (χ4v) is 7.39. The van der Waals surface area contributed by atoms with Crippen molar-refractivity contribution in [1.29, 1.82) is 0 Å². The molecule has 0 aromatic heterocycles. The molecule has 3 heteroatoms. The zero-order chi connectivity index (χ0) is 10.9. The summed E-state index contributed by atoms with van der Waals surface area (Å²) in [5.74, 6) is 1.38. The van der Waals surface area contributed by atoms with Crippen molar-refractivity contribution in [2.75, 3.05) is 14.2 Å². The van der Waals surface area contributed by atoms with Crippen molar-refractivity contribution < 1.29 is 8.85 Å². The van der Waals surface area contributed by atoms with E-state index in [1.165, 1.54) is 6.42 Å². The van der Waals surface area contributed by atoms with Gasteiger partial charge in [-0.3, -0.25) is 0 Å². The van der Waals surface area contributed by atoms with E-state index in [2.05, 4.69) is 27.7 Å². The third-order valence-corrected chi connectivity index (χ3v) is 8.94. The molecule has 0 aromatic carbocycles. The van der Waals surface area contributed by atoms with Crippen molar-refractivity contribution in [2.45, 2.75) is 45.2 Å². The van der Waals surface area contributed by atoms with Gasteiger partial charge < -0.3 is 8.85 Å². The third kappa shape index (κ3) is 1.66. The second kappa shape index (κ2) is 4.33. The fourth-order valence-electron chi connectivity index (χ4n) is 2.88. The van der Waals surface area contributed by atoms with E-state index in [1.54, 1.807) is 0 Å². The quantitative estimate of drug-likeness (QED) is 0.672. The highest BCUT2D eigenvalue weighted by molar-refractivity contribution is 6.73. The van der Waals surface area contributed by atoms with E-state index >= 15 is 0 Å². The summed E-state index contributed by atoms with van der Waals surface area (Å²) < 4.78 is 11.6. The second-order valence-corrected chi connectivity index (χ2v) is 8.81. The molecular formula is C11H24O2Si. The van der Waals surface area contributed by atoms with Gasteiger partial charge in [0, 0.05) is 25.3 Å². The monoisotopic (exact) mass is 216 g/mol. The highest BCUT2D eigenvalue weighted by Gasteiger charge is 2.62. The molecule has 84 valence electrons. The topological polar surface area (TPSA) is 18.5 Å². The molecular weight excluding hydrogens is 192 g/mol. The summed E-state index contributed by atoms with van der Waals surface area (Å²) in [6, 6.07) is 0. The van der Waals surface area contributed by atoms with Crippen LogP contribution in [0.5, 0.6) is 0 Å². The third-order valence-electron chi connectivity index (χ3n) is 3.79. The van der Waals surface area contributed by atoms with Gasteiger partial charge in [0.05, 0.1) is 0 Å². The van der Waals surface area contributed by atoms with Crippen LogP contribution < -0.4 is 0 Å². The van der Waals surface area contributed by atoms with Gasteiger partial charge in [-0.05, 0) is 18.3 Å². The van der Waals surface area contributed by atoms with Crippen LogP contribution in [0.1, 0.15) is 34.1 Å². The summed E-state index contributed by atoms with van der Waals surface area (Å²) in [4.78, 5) is 0. The van der Waals surface area contributed by atoms with Gasteiger partial charge in [0.15, 0.2) is 0 Å². The molecule has 1 saturated heterocycles. The van der Waals surface area contributed by atoms with E-state index in [0.29, 0.717) is 22.9 Å². The molecule has 0 spiro atoms. The lowest BCUT2D eigenvalue weighted by Crippen LogP contribution is -2.60. The maximum atomic E-state index is 5.79. The lowest BCUT2D eigenvalue weighted by molar-refractivity contribution is 0.148. The van der Waals surface area contributed by atoms with Gasteiger partial charge in [-0.1, -0.05) is 27.7 Å². The molecule has 2 nitrogen and oxygen atoms in total. The molecule has 0 radical (unpaired) electrons. The zero-order valence-electron chi connectivity index (χ0n) is 10.3. The summed E-state index contributed by atoms with van der Waals surface area (Å²) in [5.41, 5.74) is 1.37. The van der Waals surface area contributed by atoms with Crippen molar-refractivity contribution in [1.82, 2.24) is 0 Å². The van der Waals surface area contributed by atoms with Crippen molar-refractivity contribution in [3.63, 3.8) is 0 Å². The van der Waals surface area contributed by atoms with E-state index in [1.807, 2.05) is 14.2 Å². The zero-order valence-corrected chi connectivity index (χ0v) is 11.3. The van der Waals surface area contributed by atoms with Crippen molar-refractivity contribution in [3.05, 3.63) is 0 Å². The maximum Gasteiger partial charge on any atom is 0.344 e. The molecule has 1 heterocycles. The SMILES string of the molecule is CO[Si]1(OC)C(C(C)C)CC1C(C)C. The fraction of sp³-hybridized carbons (Fsp3) is 1.00. The van der Waals surface area contributed by atoms with E-state index in [-0.39, 0.29) is 0 Å². The normalized spacial score (nSPS) is 30.9. The van der Waals surface area contributed by atoms with Gasteiger partial charge in [-0.2, -0.15) is 0 Å². The Morgan fingerprint density at radius 2 is 1.29 bits per heavy atom. The molecule has 0 saturated carbocycles. The molecule has 2 unspecified atom stereocenters. The first kappa shape index (κ1) is 12.2. The molecule has 1 aliphatic rings. The Kier molecular flexibility index (Phi) is 3.78. The van der Waals surface area contributed by atoms with E-state index in [0.717, 1.165) is 0 Å². The standard InChI is InChI=1S/C11H24O2Si/c1-8(2)10-7-11(9(3)4)14(10,12-5)13-6/h8-11H,7H2,1-6H3. The summed E-state index contributed by atoms with van der Waals surface area (Å²) in [6.45, 7) is 9.12. The Balaban J connectivity index is 2.79. The Labute approximate surface area is 89.2 Å². The predicted molar refractivity (Wildman–Crippen MR) is 61.6 cm³/mol. The van der Waals surface area contributed by atoms with Crippen LogP contribution in [-0.4, -0.2) is 22.8 Å². The van der Waals surface area contributed by atoms with E-state index in [4.69, 9.17) is 8.85 Å². The van der Waals surface area contributed by atoms with Crippen LogP contribution in [0, 0.1) is 11.8 Å². The largest absolute Gasteiger partial charge is 0.397 e. The Bertz CT molecular complexity index is 172. The minimum Gasteiger partial charge on any atom is -0.397 e. The second-order valence-electron chi connectivity index (χ2n) is 5.07. The van der Waals surface area contributed by atoms with Gasteiger partial charge in [0.1, 0.15) is 0 Å². The summed E-state index contributed by atoms with van der Waals surface area (Å²) in [6.07, 6.45) is 1.29. The van der Waals surface area contributed by atoms with Crippen molar-refractivity contribution >= 4 is 8.56 Å². The molecule has 1 aliphatic heterocycles. The molecule has 2 atom stereocenters. The smallest absolute Gasteiger partial charge is 0.344 e. The minimum atomic E-state index is -1.88. The first-order chi connectivity index (χ1) is 6.49. The lowest BCUT2D eigenvalue weighted by Gasteiger charge is -2.54. The number of hydrogen-bond acceptors (Lipinski definition) is 2. The van der Waals surface area contributed by atoms with E-state index in [9.17, 15) is 0 Å². The summed E-state index contributed by atoms with van der Waals surface area (Å²) in [5, 5.41) is 0. The van der Waals surface area contributed by atoms with Gasteiger partial charge in [-0.25, -0.2) is 0 Å². The number of rotatable bonds is 4. The maximum absolute atomic E-state index is 5.79. The Hall–Kier alpha value is 0.137. The van der Waals surface area contributed by atoms with Crippen LogP contribution in [0.15, 0.2) is 0 Å². The van der Waals surface area contributed by atoms with Crippen LogP contribution in [0.25, 0.3) is 0 Å². The Morgan fingerprint density at radius 1 is 0.929 bits per heavy atom. The van der Waals surface area contributed by atoms with Crippen molar-refractivity contribution in [3.8, 4) is 0 Å². The molecule has 14 heavy (non-hydrogen) atoms. The van der Waals surface area contributed by atoms with Crippen LogP contribution in [-0.2, 0) is 8.85 Å². The first-order valence-corrected chi connectivity index (χ1v) is 7.57. The van der Waals surface area contributed by atoms with Crippen LogP contribution in [0.3, 0.4) is 0 Å². The van der Waals surface area contributed by atoms with Gasteiger partial charge in [0.25, 0.3) is 0 Å². The first-order valence-electron chi connectivity index (χ1n) is 5.59. The van der Waals surface area contributed by atoms with Gasteiger partial charge in [0.2, 0.25) is 0 Å². The molecule has 1 rings (SSSR count). The average molecular weight is 216 g/mol.